The summed E-state index contributed by atoms with van der Waals surface area (Å²) >= 11 is 0. The van der Waals surface area contributed by atoms with Crippen LogP contribution >= 0.6 is 0 Å². The van der Waals surface area contributed by atoms with E-state index in [1.165, 1.54) is 57.8 Å². The lowest BCUT2D eigenvalue weighted by Crippen LogP contribution is -2.41. The fraction of sp³-hybridized carbons (Fsp3) is 1.00. The SMILES string of the molecule is CCC1CC(C)C2CCCCC12.CCCCC1C(C)CC2CCCC2C1C1CCCCC1. The van der Waals surface area contributed by atoms with Crippen LogP contribution < -0.4 is 0 Å². The molecule has 186 valence electrons. The molecule has 0 N–H and O–H groups in total. The van der Waals surface area contributed by atoms with E-state index in [9.17, 15) is 0 Å². The van der Waals surface area contributed by atoms with E-state index < -0.39 is 0 Å². The van der Waals surface area contributed by atoms with Crippen LogP contribution in [0.5, 0.6) is 0 Å². The van der Waals surface area contributed by atoms with Crippen molar-refractivity contribution in [2.24, 2.45) is 59.2 Å². The van der Waals surface area contributed by atoms with Gasteiger partial charge in [-0.3, -0.25) is 0 Å². The number of rotatable bonds is 5. The van der Waals surface area contributed by atoms with E-state index in [2.05, 4.69) is 27.7 Å². The Hall–Kier alpha value is 0. The Labute approximate surface area is 202 Å². The number of fused-ring (bicyclic) bond motifs is 2. The summed E-state index contributed by atoms with van der Waals surface area (Å²) in [7, 11) is 0. The number of unbranched alkanes of at least 4 members (excludes halogenated alkanes) is 1. The zero-order valence-electron chi connectivity index (χ0n) is 22.5. The molecule has 32 heavy (non-hydrogen) atoms. The van der Waals surface area contributed by atoms with Crippen molar-refractivity contribution >= 4 is 0 Å². The molecular weight excluding hydrogens is 384 g/mol. The molecule has 0 bridgehead atoms. The van der Waals surface area contributed by atoms with Gasteiger partial charge in [-0.25, -0.2) is 0 Å². The molecule has 0 heteroatoms. The van der Waals surface area contributed by atoms with Crippen LogP contribution in [0.25, 0.3) is 0 Å². The Balaban J connectivity index is 0.000000174. The van der Waals surface area contributed by atoms with E-state index in [0.29, 0.717) is 0 Å². The van der Waals surface area contributed by atoms with Crippen LogP contribution in [0.3, 0.4) is 0 Å². The van der Waals surface area contributed by atoms with Gasteiger partial charge in [0.25, 0.3) is 0 Å². The maximum atomic E-state index is 2.60. The molecule has 5 saturated carbocycles. The summed E-state index contributed by atoms with van der Waals surface area (Å²) in [4.78, 5) is 0. The Kier molecular flexibility index (Phi) is 9.50. The molecule has 9 atom stereocenters. The van der Waals surface area contributed by atoms with Crippen LogP contribution in [0.4, 0.5) is 0 Å². The molecule has 0 nitrogen and oxygen atoms in total. The summed E-state index contributed by atoms with van der Waals surface area (Å²) in [5.74, 6) is 11.0. The lowest BCUT2D eigenvalue weighted by atomic mass is 9.56. The molecule has 9 unspecified atom stereocenters. The maximum Gasteiger partial charge on any atom is -0.0324 e. The molecule has 5 rings (SSSR count). The third kappa shape index (κ3) is 5.62. The van der Waals surface area contributed by atoms with Crippen LogP contribution in [-0.4, -0.2) is 0 Å². The first-order chi connectivity index (χ1) is 15.6. The minimum atomic E-state index is 1.02. The van der Waals surface area contributed by atoms with Crippen molar-refractivity contribution in [3.8, 4) is 0 Å². The second-order valence-corrected chi connectivity index (χ2v) is 13.3. The minimum Gasteiger partial charge on any atom is -0.0654 e. The predicted molar refractivity (Wildman–Crippen MR) is 141 cm³/mol. The maximum absolute atomic E-state index is 2.60. The Morgan fingerprint density at radius 2 is 1.25 bits per heavy atom. The Morgan fingerprint density at radius 3 is 1.97 bits per heavy atom. The lowest BCUT2D eigenvalue weighted by Gasteiger charge is -2.49. The topological polar surface area (TPSA) is 0 Å². The quantitative estimate of drug-likeness (QED) is 0.397. The van der Waals surface area contributed by atoms with Gasteiger partial charge in [-0.05, 0) is 97.7 Å². The van der Waals surface area contributed by atoms with Crippen molar-refractivity contribution in [3.05, 3.63) is 0 Å². The molecule has 0 amide bonds. The molecule has 0 aliphatic heterocycles. The number of hydrogen-bond donors (Lipinski definition) is 0. The Bertz CT molecular complexity index is 530. The van der Waals surface area contributed by atoms with Gasteiger partial charge in [0.2, 0.25) is 0 Å². The van der Waals surface area contributed by atoms with Gasteiger partial charge < -0.3 is 0 Å². The molecule has 0 aromatic heterocycles. The lowest BCUT2D eigenvalue weighted by molar-refractivity contribution is 0.00254. The highest BCUT2D eigenvalue weighted by molar-refractivity contribution is 4.96. The summed E-state index contributed by atoms with van der Waals surface area (Å²) in [6.45, 7) is 9.85. The highest BCUT2D eigenvalue weighted by Crippen LogP contribution is 2.56. The first kappa shape index (κ1) is 25.1. The van der Waals surface area contributed by atoms with Crippen molar-refractivity contribution in [1.29, 1.82) is 0 Å². The van der Waals surface area contributed by atoms with Crippen LogP contribution in [0.1, 0.15) is 143 Å². The van der Waals surface area contributed by atoms with Gasteiger partial charge in [0.15, 0.2) is 0 Å². The molecule has 0 heterocycles. The van der Waals surface area contributed by atoms with E-state index >= 15 is 0 Å². The molecule has 0 radical (unpaired) electrons. The second-order valence-electron chi connectivity index (χ2n) is 13.3. The molecule has 5 fully saturated rings. The van der Waals surface area contributed by atoms with E-state index in [1.54, 1.807) is 57.8 Å². The predicted octanol–water partition coefficient (Wildman–Crippen LogP) is 10.3. The van der Waals surface area contributed by atoms with Gasteiger partial charge in [0.1, 0.15) is 0 Å². The zero-order valence-corrected chi connectivity index (χ0v) is 22.5. The fourth-order valence-electron chi connectivity index (χ4n) is 10.1. The number of hydrogen-bond acceptors (Lipinski definition) is 0. The third-order valence-electron chi connectivity index (χ3n) is 11.6. The average molecular weight is 443 g/mol. The van der Waals surface area contributed by atoms with E-state index in [0.717, 1.165) is 59.2 Å². The van der Waals surface area contributed by atoms with Crippen molar-refractivity contribution in [1.82, 2.24) is 0 Å². The van der Waals surface area contributed by atoms with E-state index in [-0.39, 0.29) is 0 Å². The molecular formula is C32H58. The van der Waals surface area contributed by atoms with Crippen molar-refractivity contribution in [2.75, 3.05) is 0 Å². The van der Waals surface area contributed by atoms with E-state index in [4.69, 9.17) is 0 Å². The summed E-state index contributed by atoms with van der Waals surface area (Å²) in [5, 5.41) is 0. The van der Waals surface area contributed by atoms with Crippen LogP contribution in [0.15, 0.2) is 0 Å². The molecule has 0 aromatic carbocycles. The van der Waals surface area contributed by atoms with Gasteiger partial charge in [0.05, 0.1) is 0 Å². The fourth-order valence-corrected chi connectivity index (χ4v) is 10.1. The van der Waals surface area contributed by atoms with Gasteiger partial charge in [-0.2, -0.15) is 0 Å². The first-order valence-corrected chi connectivity index (χ1v) is 15.6. The summed E-state index contributed by atoms with van der Waals surface area (Å²) in [6, 6.07) is 0. The molecule has 0 saturated heterocycles. The smallest absolute Gasteiger partial charge is 0.0324 e. The largest absolute Gasteiger partial charge is 0.0654 e. The zero-order chi connectivity index (χ0) is 22.5. The van der Waals surface area contributed by atoms with Crippen molar-refractivity contribution < 1.29 is 0 Å². The van der Waals surface area contributed by atoms with Crippen molar-refractivity contribution in [3.63, 3.8) is 0 Å². The molecule has 0 aromatic rings. The summed E-state index contributed by atoms with van der Waals surface area (Å²) < 4.78 is 0. The van der Waals surface area contributed by atoms with Gasteiger partial charge >= 0.3 is 0 Å². The first-order valence-electron chi connectivity index (χ1n) is 15.6. The monoisotopic (exact) mass is 442 g/mol. The highest BCUT2D eigenvalue weighted by atomic mass is 14.5. The molecule has 0 spiro atoms. The summed E-state index contributed by atoms with van der Waals surface area (Å²) in [5.41, 5.74) is 0. The average Bonchev–Trinajstić information content (AvgIpc) is 3.42. The van der Waals surface area contributed by atoms with Gasteiger partial charge in [0, 0.05) is 0 Å². The van der Waals surface area contributed by atoms with Crippen LogP contribution in [0.2, 0.25) is 0 Å². The Morgan fingerprint density at radius 1 is 0.594 bits per heavy atom. The van der Waals surface area contributed by atoms with Gasteiger partial charge in [-0.15, -0.1) is 0 Å². The summed E-state index contributed by atoms with van der Waals surface area (Å²) in [6.07, 6.45) is 27.5. The van der Waals surface area contributed by atoms with Crippen LogP contribution in [-0.2, 0) is 0 Å². The molecule has 5 aliphatic rings. The molecule has 5 aliphatic carbocycles. The van der Waals surface area contributed by atoms with E-state index in [1.807, 2.05) is 0 Å². The van der Waals surface area contributed by atoms with Crippen molar-refractivity contribution in [2.45, 2.75) is 143 Å². The normalized spacial score (nSPS) is 44.4. The third-order valence-corrected chi connectivity index (χ3v) is 11.6. The second kappa shape index (κ2) is 12.1. The van der Waals surface area contributed by atoms with Gasteiger partial charge in [-0.1, -0.05) is 105 Å². The standard InChI is InChI=1S/C20H36.C12H22/c1-3-4-12-18-15(2)14-17-11-8-13-19(17)20(18)16-9-6-5-7-10-16;1-3-10-8-9(2)11-6-4-5-7-12(10)11/h15-20H,3-14H2,1-2H3;9-12H,3-8H2,1-2H3. The van der Waals surface area contributed by atoms with Crippen LogP contribution in [0, 0.1) is 59.2 Å². The highest BCUT2D eigenvalue weighted by Gasteiger charge is 2.47. The minimum absolute atomic E-state index is 1.02.